The fourth-order valence-electron chi connectivity index (χ4n) is 2.07. The number of aliphatic hydroxyl groups is 1. The van der Waals surface area contributed by atoms with Crippen LogP contribution in [-0.2, 0) is 0 Å². The van der Waals surface area contributed by atoms with Crippen LogP contribution in [0.3, 0.4) is 0 Å². The molecule has 0 bridgehead atoms. The number of carboxylic acid groups (broad SMARTS) is 1. The van der Waals surface area contributed by atoms with Crippen molar-refractivity contribution in [3.63, 3.8) is 0 Å². The predicted molar refractivity (Wildman–Crippen MR) is 68.0 cm³/mol. The van der Waals surface area contributed by atoms with Gasteiger partial charge in [-0.2, -0.15) is 5.26 Å². The van der Waals surface area contributed by atoms with Crippen molar-refractivity contribution in [2.75, 3.05) is 13.1 Å². The topological polar surface area (TPSA) is 114 Å². The van der Waals surface area contributed by atoms with Crippen molar-refractivity contribution < 1.29 is 19.8 Å². The zero-order chi connectivity index (χ0) is 14.7. The first-order valence-electron chi connectivity index (χ1n) is 5.98. The number of likely N-dealkylation sites (tertiary alicyclic amines) is 1. The number of carbonyl (C=O) groups excluding carboxylic acids is 1. The molecule has 1 aliphatic rings. The molecule has 1 aromatic rings. The fraction of sp³-hybridized carbons (Fsp3) is 0.308. The number of aliphatic hydroxyl groups excluding tert-OH is 1. The Balaban J connectivity index is 2.05. The summed E-state index contributed by atoms with van der Waals surface area (Å²) >= 11 is 0. The quantitative estimate of drug-likeness (QED) is 0.703. The standard InChI is InChI=1S/C13H13N3O4/c14-5-8-2-1-3-9(4-8)12(18)15-10-6-16(13(19)20)7-11(10)17/h1-4,10-11,17H,6-7H2,(H,15,18)(H,19,20). The molecule has 1 aliphatic heterocycles. The maximum absolute atomic E-state index is 12.0. The Morgan fingerprint density at radius 1 is 1.40 bits per heavy atom. The van der Waals surface area contributed by atoms with Gasteiger partial charge in [-0.1, -0.05) is 6.07 Å². The summed E-state index contributed by atoms with van der Waals surface area (Å²) < 4.78 is 0. The molecule has 0 aromatic heterocycles. The lowest BCUT2D eigenvalue weighted by Crippen LogP contribution is -2.43. The number of hydrogen-bond acceptors (Lipinski definition) is 4. The van der Waals surface area contributed by atoms with Gasteiger partial charge in [-0.25, -0.2) is 4.79 Å². The molecule has 0 aliphatic carbocycles. The highest BCUT2D eigenvalue weighted by atomic mass is 16.4. The summed E-state index contributed by atoms with van der Waals surface area (Å²) in [5.41, 5.74) is 0.654. The third kappa shape index (κ3) is 2.87. The number of nitrogens with zero attached hydrogens (tertiary/aromatic N) is 2. The van der Waals surface area contributed by atoms with Crippen LogP contribution in [0.5, 0.6) is 0 Å². The summed E-state index contributed by atoms with van der Waals surface area (Å²) in [4.78, 5) is 23.8. The summed E-state index contributed by atoms with van der Waals surface area (Å²) in [6, 6.07) is 7.43. The van der Waals surface area contributed by atoms with E-state index < -0.39 is 24.1 Å². The summed E-state index contributed by atoms with van der Waals surface area (Å²) in [5, 5.41) is 29.9. The van der Waals surface area contributed by atoms with Crippen LogP contribution >= 0.6 is 0 Å². The molecule has 104 valence electrons. The highest BCUT2D eigenvalue weighted by molar-refractivity contribution is 5.94. The SMILES string of the molecule is N#Cc1cccc(C(=O)NC2CN(C(=O)O)CC2O)c1. The molecule has 2 unspecified atom stereocenters. The van der Waals surface area contributed by atoms with Gasteiger partial charge >= 0.3 is 6.09 Å². The van der Waals surface area contributed by atoms with Crippen molar-refractivity contribution >= 4 is 12.0 Å². The van der Waals surface area contributed by atoms with Crippen LogP contribution in [0.1, 0.15) is 15.9 Å². The van der Waals surface area contributed by atoms with E-state index in [1.54, 1.807) is 18.2 Å². The van der Waals surface area contributed by atoms with Crippen LogP contribution in [0.2, 0.25) is 0 Å². The van der Waals surface area contributed by atoms with Gasteiger partial charge in [0.25, 0.3) is 5.91 Å². The van der Waals surface area contributed by atoms with Gasteiger partial charge < -0.3 is 20.4 Å². The smallest absolute Gasteiger partial charge is 0.407 e. The van der Waals surface area contributed by atoms with E-state index in [9.17, 15) is 14.7 Å². The first-order chi connectivity index (χ1) is 9.51. The van der Waals surface area contributed by atoms with E-state index in [1.807, 2.05) is 6.07 Å². The molecule has 7 heteroatoms. The van der Waals surface area contributed by atoms with Crippen molar-refractivity contribution in [2.45, 2.75) is 12.1 Å². The molecular formula is C13H13N3O4. The van der Waals surface area contributed by atoms with Crippen molar-refractivity contribution in [3.05, 3.63) is 35.4 Å². The number of benzene rings is 1. The molecule has 0 radical (unpaired) electrons. The van der Waals surface area contributed by atoms with Crippen LogP contribution in [0.15, 0.2) is 24.3 Å². The number of carbonyl (C=O) groups is 2. The maximum atomic E-state index is 12.0. The van der Waals surface area contributed by atoms with Gasteiger partial charge in [0.15, 0.2) is 0 Å². The molecule has 2 rings (SSSR count). The van der Waals surface area contributed by atoms with Gasteiger partial charge in [-0.05, 0) is 18.2 Å². The summed E-state index contributed by atoms with van der Waals surface area (Å²) in [5.74, 6) is -0.446. The molecule has 1 saturated heterocycles. The second-order valence-electron chi connectivity index (χ2n) is 4.53. The average Bonchev–Trinajstić information content (AvgIpc) is 2.80. The normalized spacial score (nSPS) is 21.3. The van der Waals surface area contributed by atoms with Crippen LogP contribution in [-0.4, -0.2) is 52.3 Å². The van der Waals surface area contributed by atoms with Gasteiger partial charge in [0, 0.05) is 12.1 Å². The Morgan fingerprint density at radius 2 is 2.15 bits per heavy atom. The minimum absolute atomic E-state index is 0.0293. The number of hydrogen-bond donors (Lipinski definition) is 3. The molecule has 2 atom stereocenters. The molecule has 1 heterocycles. The zero-order valence-electron chi connectivity index (χ0n) is 10.5. The lowest BCUT2D eigenvalue weighted by Gasteiger charge is -2.15. The number of nitrogens with one attached hydrogen (secondary N) is 1. The fourth-order valence-corrected chi connectivity index (χ4v) is 2.07. The van der Waals surface area contributed by atoms with E-state index in [2.05, 4.69) is 5.32 Å². The molecule has 3 N–H and O–H groups in total. The van der Waals surface area contributed by atoms with Gasteiger partial charge in [0.05, 0.1) is 30.3 Å². The van der Waals surface area contributed by atoms with Gasteiger partial charge in [-0.15, -0.1) is 0 Å². The zero-order valence-corrected chi connectivity index (χ0v) is 10.5. The van der Waals surface area contributed by atoms with Crippen LogP contribution in [0.4, 0.5) is 4.79 Å². The van der Waals surface area contributed by atoms with Crippen molar-refractivity contribution in [1.29, 1.82) is 5.26 Å². The van der Waals surface area contributed by atoms with Crippen LogP contribution in [0, 0.1) is 11.3 Å². The third-order valence-electron chi connectivity index (χ3n) is 3.13. The Labute approximate surface area is 115 Å². The highest BCUT2D eigenvalue weighted by Gasteiger charge is 2.35. The molecule has 7 nitrogen and oxygen atoms in total. The number of β-amino-alcohol motifs (C(OH)–C–C–N with tert-alkyl or cyclic N) is 1. The van der Waals surface area contributed by atoms with Gasteiger partial charge in [-0.3, -0.25) is 4.79 Å². The number of rotatable bonds is 2. The molecule has 20 heavy (non-hydrogen) atoms. The van der Waals surface area contributed by atoms with E-state index in [4.69, 9.17) is 10.4 Å². The molecule has 0 saturated carbocycles. The van der Waals surface area contributed by atoms with Gasteiger partial charge in [0.1, 0.15) is 0 Å². The Kier molecular flexibility index (Phi) is 3.86. The lowest BCUT2D eigenvalue weighted by atomic mass is 10.1. The van der Waals surface area contributed by atoms with Crippen molar-refractivity contribution in [3.8, 4) is 6.07 Å². The van der Waals surface area contributed by atoms with Crippen LogP contribution < -0.4 is 5.32 Å². The maximum Gasteiger partial charge on any atom is 0.407 e. The predicted octanol–water partition coefficient (Wildman–Crippen LogP) is 0.0112. The second kappa shape index (κ2) is 5.59. The van der Waals surface area contributed by atoms with E-state index in [0.29, 0.717) is 11.1 Å². The van der Waals surface area contributed by atoms with Crippen molar-refractivity contribution in [2.24, 2.45) is 0 Å². The second-order valence-corrected chi connectivity index (χ2v) is 4.53. The molecule has 1 aromatic carbocycles. The Morgan fingerprint density at radius 3 is 2.75 bits per heavy atom. The minimum atomic E-state index is -1.13. The largest absolute Gasteiger partial charge is 0.465 e. The van der Waals surface area contributed by atoms with Crippen LogP contribution in [0.25, 0.3) is 0 Å². The molecule has 0 spiro atoms. The summed E-state index contributed by atoms with van der Waals surface area (Å²) in [7, 11) is 0. The summed E-state index contributed by atoms with van der Waals surface area (Å²) in [6.07, 6.45) is -2.07. The van der Waals surface area contributed by atoms with E-state index in [-0.39, 0.29) is 13.1 Å². The molecule has 2 amide bonds. The number of nitriles is 1. The highest BCUT2D eigenvalue weighted by Crippen LogP contribution is 2.12. The third-order valence-corrected chi connectivity index (χ3v) is 3.13. The first-order valence-corrected chi connectivity index (χ1v) is 5.98. The van der Waals surface area contributed by atoms with E-state index >= 15 is 0 Å². The van der Waals surface area contributed by atoms with E-state index in [1.165, 1.54) is 6.07 Å². The number of amides is 2. The van der Waals surface area contributed by atoms with Gasteiger partial charge in [0.2, 0.25) is 0 Å². The van der Waals surface area contributed by atoms with Crippen molar-refractivity contribution in [1.82, 2.24) is 10.2 Å². The lowest BCUT2D eigenvalue weighted by molar-refractivity contribution is 0.0888. The average molecular weight is 275 g/mol. The minimum Gasteiger partial charge on any atom is -0.465 e. The monoisotopic (exact) mass is 275 g/mol. The Hall–Kier alpha value is -2.59. The summed E-state index contributed by atoms with van der Waals surface area (Å²) in [6.45, 7) is 0.0126. The molecular weight excluding hydrogens is 262 g/mol. The molecule has 1 fully saturated rings. The van der Waals surface area contributed by atoms with E-state index in [0.717, 1.165) is 4.90 Å². The first kappa shape index (κ1) is 13.8. The Bertz CT molecular complexity index is 581.